The number of carbonyl (C=O) groups is 2. The molecule has 1 N–H and O–H groups in total. The van der Waals surface area contributed by atoms with Crippen LogP contribution in [-0.4, -0.2) is 38.5 Å². The number of methoxy groups -OCH3 is 1. The lowest BCUT2D eigenvalue weighted by Gasteiger charge is -2.09. The van der Waals surface area contributed by atoms with Gasteiger partial charge in [0, 0.05) is 4.47 Å². The summed E-state index contributed by atoms with van der Waals surface area (Å²) < 4.78 is 6.23. The van der Waals surface area contributed by atoms with Gasteiger partial charge in [-0.3, -0.25) is 14.5 Å². The third kappa shape index (κ3) is 3.89. The molecule has 0 saturated carbocycles. The van der Waals surface area contributed by atoms with Crippen LogP contribution < -0.4 is 4.74 Å². The first-order chi connectivity index (χ1) is 11.9. The van der Waals surface area contributed by atoms with Gasteiger partial charge in [-0.15, -0.1) is 10.2 Å². The van der Waals surface area contributed by atoms with Crippen molar-refractivity contribution in [2.75, 3.05) is 7.11 Å². The van der Waals surface area contributed by atoms with Crippen LogP contribution in [0.1, 0.15) is 10.6 Å². The van der Waals surface area contributed by atoms with Gasteiger partial charge < -0.3 is 9.84 Å². The molecule has 1 saturated heterocycles. The Bertz CT molecular complexity index is 900. The molecule has 0 bridgehead atoms. The van der Waals surface area contributed by atoms with E-state index in [4.69, 9.17) is 4.74 Å². The first-order valence-corrected chi connectivity index (χ1v) is 9.90. The van der Waals surface area contributed by atoms with Crippen molar-refractivity contribution in [2.24, 2.45) is 0 Å². The van der Waals surface area contributed by atoms with E-state index in [-0.39, 0.29) is 28.2 Å². The molecule has 2 amide bonds. The van der Waals surface area contributed by atoms with E-state index in [9.17, 15) is 14.7 Å². The fourth-order valence-electron chi connectivity index (χ4n) is 2.04. The van der Waals surface area contributed by atoms with Crippen molar-refractivity contribution in [3.05, 3.63) is 36.0 Å². The number of phenols is 1. The molecule has 130 valence electrons. The van der Waals surface area contributed by atoms with Crippen LogP contribution in [0.15, 0.2) is 25.4 Å². The van der Waals surface area contributed by atoms with E-state index in [1.165, 1.54) is 24.5 Å². The first kappa shape index (κ1) is 18.4. The number of thioether (sulfide) groups is 1. The van der Waals surface area contributed by atoms with Crippen molar-refractivity contribution < 1.29 is 19.4 Å². The van der Waals surface area contributed by atoms with E-state index in [1.807, 2.05) is 0 Å². The molecule has 7 nitrogen and oxygen atoms in total. The lowest BCUT2D eigenvalue weighted by Crippen LogP contribution is -2.27. The Morgan fingerprint density at radius 1 is 1.32 bits per heavy atom. The summed E-state index contributed by atoms with van der Waals surface area (Å²) in [6.07, 6.45) is 1.58. The first-order valence-electron chi connectivity index (χ1n) is 6.68. The second-order valence-electron chi connectivity index (χ2n) is 4.76. The van der Waals surface area contributed by atoms with Gasteiger partial charge in [-0.05, 0) is 51.5 Å². The van der Waals surface area contributed by atoms with E-state index < -0.39 is 5.91 Å². The van der Waals surface area contributed by atoms with Crippen molar-refractivity contribution in [1.82, 2.24) is 15.1 Å². The summed E-state index contributed by atoms with van der Waals surface area (Å²) in [6.45, 7) is 0.0747. The second-order valence-corrected chi connectivity index (χ2v) is 8.95. The molecule has 11 heteroatoms. The summed E-state index contributed by atoms with van der Waals surface area (Å²) in [5.74, 6) is -0.158. The van der Waals surface area contributed by atoms with Crippen LogP contribution in [0.25, 0.3) is 6.08 Å². The summed E-state index contributed by atoms with van der Waals surface area (Å²) in [7, 11) is 1.43. The van der Waals surface area contributed by atoms with Crippen LogP contribution in [0.5, 0.6) is 11.5 Å². The van der Waals surface area contributed by atoms with Crippen LogP contribution in [0.3, 0.4) is 0 Å². The highest BCUT2D eigenvalue weighted by molar-refractivity contribution is 9.11. The Morgan fingerprint density at radius 2 is 2.08 bits per heavy atom. The zero-order valence-corrected chi connectivity index (χ0v) is 17.3. The number of amides is 2. The number of carbonyl (C=O) groups excluding carboxylic acids is 2. The molecule has 1 aromatic carbocycles. The number of ether oxygens (including phenoxy) is 1. The van der Waals surface area contributed by atoms with Crippen molar-refractivity contribution in [3.8, 4) is 11.5 Å². The molecular formula is C14H9Br2N3O4S2. The van der Waals surface area contributed by atoms with Crippen molar-refractivity contribution in [1.29, 1.82) is 0 Å². The molecule has 0 spiro atoms. The number of hydrogen-bond donors (Lipinski definition) is 1. The van der Waals surface area contributed by atoms with E-state index in [2.05, 4.69) is 42.1 Å². The van der Waals surface area contributed by atoms with Crippen molar-refractivity contribution in [2.45, 2.75) is 6.54 Å². The average molecular weight is 507 g/mol. The van der Waals surface area contributed by atoms with Crippen LogP contribution in [-0.2, 0) is 11.3 Å². The highest BCUT2D eigenvalue weighted by atomic mass is 79.9. The van der Waals surface area contributed by atoms with Gasteiger partial charge in [-0.25, -0.2) is 0 Å². The molecule has 1 aliphatic heterocycles. The number of aromatic nitrogens is 2. The zero-order chi connectivity index (χ0) is 18.1. The SMILES string of the molecule is COc1cc(/C=C2\SC(=O)N(Cc3nnc(Br)s3)C2=O)c(Br)cc1O. The minimum absolute atomic E-state index is 0.0264. The fraction of sp³-hybridized carbons (Fsp3) is 0.143. The van der Waals surface area contributed by atoms with E-state index >= 15 is 0 Å². The Balaban J connectivity index is 1.88. The number of halogens is 2. The van der Waals surface area contributed by atoms with Crippen LogP contribution in [0, 0.1) is 0 Å². The van der Waals surface area contributed by atoms with Crippen molar-refractivity contribution >= 4 is 72.2 Å². The monoisotopic (exact) mass is 505 g/mol. The highest BCUT2D eigenvalue weighted by Gasteiger charge is 2.35. The molecule has 0 aliphatic carbocycles. The Labute approximate surface area is 167 Å². The molecule has 1 aliphatic rings. The van der Waals surface area contributed by atoms with E-state index in [0.29, 0.717) is 19.0 Å². The molecular weight excluding hydrogens is 498 g/mol. The number of nitrogens with zero attached hydrogens (tertiary/aromatic N) is 3. The maximum Gasteiger partial charge on any atom is 0.293 e. The van der Waals surface area contributed by atoms with Crippen LogP contribution in [0.4, 0.5) is 4.79 Å². The van der Waals surface area contributed by atoms with Crippen LogP contribution in [0.2, 0.25) is 0 Å². The number of aromatic hydroxyl groups is 1. The fourth-order valence-corrected chi connectivity index (χ4v) is 4.51. The predicted octanol–water partition coefficient (Wildman–Crippen LogP) is 4.01. The Morgan fingerprint density at radius 3 is 2.72 bits per heavy atom. The zero-order valence-electron chi connectivity index (χ0n) is 12.5. The molecule has 0 radical (unpaired) electrons. The number of hydrogen-bond acceptors (Lipinski definition) is 8. The molecule has 1 fully saturated rings. The molecule has 0 atom stereocenters. The normalized spacial score (nSPS) is 16.1. The molecule has 0 unspecified atom stereocenters. The maximum atomic E-state index is 12.5. The van der Waals surface area contributed by atoms with E-state index in [0.717, 1.165) is 16.7 Å². The topological polar surface area (TPSA) is 92.6 Å². The predicted molar refractivity (Wildman–Crippen MR) is 101 cm³/mol. The summed E-state index contributed by atoms with van der Waals surface area (Å²) >= 11 is 8.63. The maximum absolute atomic E-state index is 12.5. The molecule has 25 heavy (non-hydrogen) atoms. The number of imide groups is 1. The number of benzene rings is 1. The van der Waals surface area contributed by atoms with E-state index in [1.54, 1.807) is 12.1 Å². The van der Waals surface area contributed by atoms with Crippen LogP contribution >= 0.6 is 55.0 Å². The van der Waals surface area contributed by atoms with Gasteiger partial charge in [0.2, 0.25) is 0 Å². The van der Waals surface area contributed by atoms with Gasteiger partial charge in [0.1, 0.15) is 5.01 Å². The lowest BCUT2D eigenvalue weighted by atomic mass is 10.2. The molecule has 3 rings (SSSR count). The molecule has 2 heterocycles. The molecule has 2 aromatic rings. The Kier molecular flexibility index (Phi) is 5.46. The number of rotatable bonds is 4. The van der Waals surface area contributed by atoms with Gasteiger partial charge >= 0.3 is 0 Å². The standard InChI is InChI=1S/C14H9Br2N3O4S2/c1-23-9-2-6(7(15)4-8(9)20)3-10-12(21)19(14(22)24-10)5-11-17-18-13(16)25-11/h2-4,20H,5H2,1H3/b10-3-. The quantitative estimate of drug-likeness (QED) is 0.626. The summed E-state index contributed by atoms with van der Waals surface area (Å²) in [5, 5.41) is 17.6. The summed E-state index contributed by atoms with van der Waals surface area (Å²) in [4.78, 5) is 26.1. The second kappa shape index (κ2) is 7.44. The van der Waals surface area contributed by atoms with Gasteiger partial charge in [0.05, 0.1) is 18.6 Å². The van der Waals surface area contributed by atoms with Gasteiger partial charge in [-0.2, -0.15) is 0 Å². The third-order valence-corrected chi connectivity index (χ3v) is 6.13. The third-order valence-electron chi connectivity index (χ3n) is 3.19. The average Bonchev–Trinajstić information content (AvgIpc) is 3.08. The van der Waals surface area contributed by atoms with Gasteiger partial charge in [0.15, 0.2) is 15.4 Å². The summed E-state index contributed by atoms with van der Waals surface area (Å²) in [6, 6.07) is 3.04. The van der Waals surface area contributed by atoms with Gasteiger partial charge in [-0.1, -0.05) is 27.3 Å². The minimum Gasteiger partial charge on any atom is -0.504 e. The largest absolute Gasteiger partial charge is 0.504 e. The Hall–Kier alpha value is -1.43. The smallest absolute Gasteiger partial charge is 0.293 e. The lowest BCUT2D eigenvalue weighted by molar-refractivity contribution is -0.123. The highest BCUT2D eigenvalue weighted by Crippen LogP contribution is 2.38. The van der Waals surface area contributed by atoms with Gasteiger partial charge in [0.25, 0.3) is 11.1 Å². The van der Waals surface area contributed by atoms with Crippen molar-refractivity contribution in [3.63, 3.8) is 0 Å². The minimum atomic E-state index is -0.403. The summed E-state index contributed by atoms with van der Waals surface area (Å²) in [5.41, 5.74) is 0.610. The molecule has 1 aromatic heterocycles. The number of phenolic OH excluding ortho intramolecular Hbond substituents is 1.